The van der Waals surface area contributed by atoms with Gasteiger partial charge in [-0.2, -0.15) is 4.31 Å². The van der Waals surface area contributed by atoms with E-state index in [9.17, 15) is 16.8 Å². The highest BCUT2D eigenvalue weighted by atomic mass is 32.2. The fourth-order valence-corrected chi connectivity index (χ4v) is 6.10. The molecule has 1 aliphatic rings. The zero-order valence-electron chi connectivity index (χ0n) is 18.1. The quantitative estimate of drug-likeness (QED) is 0.489. The van der Waals surface area contributed by atoms with Crippen LogP contribution < -0.4 is 9.46 Å². The molecule has 1 saturated heterocycles. The number of sulfonamides is 2. The summed E-state index contributed by atoms with van der Waals surface area (Å²) in [6.45, 7) is 1.10. The summed E-state index contributed by atoms with van der Waals surface area (Å²) >= 11 is 0. The molecule has 0 spiro atoms. The van der Waals surface area contributed by atoms with Crippen LogP contribution >= 0.6 is 0 Å². The number of benzene rings is 2. The summed E-state index contributed by atoms with van der Waals surface area (Å²) in [6.07, 6.45) is 3.50. The molecule has 0 aliphatic carbocycles. The molecule has 0 unspecified atom stereocenters. The molecule has 176 valence electrons. The molecule has 9 nitrogen and oxygen atoms in total. The molecule has 3 aromatic rings. The average molecular weight is 492 g/mol. The molecule has 11 heteroatoms. The van der Waals surface area contributed by atoms with Gasteiger partial charge in [-0.05, 0) is 61.4 Å². The van der Waals surface area contributed by atoms with Crippen molar-refractivity contribution in [2.45, 2.75) is 29.1 Å². The second-order valence-electron chi connectivity index (χ2n) is 7.60. The summed E-state index contributed by atoms with van der Waals surface area (Å²) in [6, 6.07) is 12.5. The fraction of sp³-hybridized carbons (Fsp3) is 0.318. The largest absolute Gasteiger partial charge is 0.497 e. The minimum Gasteiger partial charge on any atom is -0.497 e. The van der Waals surface area contributed by atoms with Gasteiger partial charge in [-0.25, -0.2) is 26.5 Å². The van der Waals surface area contributed by atoms with Crippen LogP contribution in [0.4, 0.5) is 0 Å². The smallest absolute Gasteiger partial charge is 0.243 e. The Kier molecular flexibility index (Phi) is 6.84. The van der Waals surface area contributed by atoms with Crippen molar-refractivity contribution in [3.05, 3.63) is 60.5 Å². The zero-order valence-corrected chi connectivity index (χ0v) is 19.7. The van der Waals surface area contributed by atoms with Crippen molar-refractivity contribution < 1.29 is 26.0 Å². The number of hydrogen-bond acceptors (Lipinski definition) is 7. The molecule has 0 radical (unpaired) electrons. The molecular weight excluding hydrogens is 466 g/mol. The van der Waals surface area contributed by atoms with Gasteiger partial charge in [0.25, 0.3) is 0 Å². The highest BCUT2D eigenvalue weighted by molar-refractivity contribution is 7.89. The first-order valence-electron chi connectivity index (χ1n) is 10.5. The normalized spacial score (nSPS) is 15.1. The summed E-state index contributed by atoms with van der Waals surface area (Å²) in [4.78, 5) is 4.49. The molecule has 2 heterocycles. The SMILES string of the molecule is COc1ccc(-c2nc(CCNS(=O)(=O)c3ccc(S(=O)(=O)N4CCCC4)cc3)co2)cc1. The molecule has 0 amide bonds. The Morgan fingerprint density at radius 3 is 2.24 bits per heavy atom. The number of oxazole rings is 1. The van der Waals surface area contributed by atoms with Gasteiger partial charge in [0.1, 0.15) is 12.0 Å². The lowest BCUT2D eigenvalue weighted by Gasteiger charge is -2.15. The van der Waals surface area contributed by atoms with Crippen LogP contribution in [-0.2, 0) is 26.5 Å². The lowest BCUT2D eigenvalue weighted by Crippen LogP contribution is -2.28. The van der Waals surface area contributed by atoms with E-state index in [-0.39, 0.29) is 16.3 Å². The van der Waals surface area contributed by atoms with Crippen LogP contribution in [0.5, 0.6) is 5.75 Å². The van der Waals surface area contributed by atoms with Crippen molar-refractivity contribution >= 4 is 20.0 Å². The highest BCUT2D eigenvalue weighted by Gasteiger charge is 2.27. The summed E-state index contributed by atoms with van der Waals surface area (Å²) in [7, 11) is -5.79. The Morgan fingerprint density at radius 2 is 1.61 bits per heavy atom. The number of rotatable bonds is 9. The summed E-state index contributed by atoms with van der Waals surface area (Å²) in [5.41, 5.74) is 1.39. The minimum absolute atomic E-state index is 0.00180. The third-order valence-electron chi connectivity index (χ3n) is 5.40. The first kappa shape index (κ1) is 23.4. The Labute approximate surface area is 193 Å². The Balaban J connectivity index is 1.36. The minimum atomic E-state index is -3.80. The van der Waals surface area contributed by atoms with Gasteiger partial charge in [0.15, 0.2) is 0 Å². The first-order valence-corrected chi connectivity index (χ1v) is 13.4. The Hall–Kier alpha value is -2.73. The standard InChI is InChI=1S/C22H25N3O6S2/c1-30-19-6-4-17(5-7-19)22-24-18(16-31-22)12-13-23-32(26,27)20-8-10-21(11-9-20)33(28,29)25-14-2-3-15-25/h4-11,16,23H,2-3,12-15H2,1H3. The fourth-order valence-electron chi connectivity index (χ4n) is 3.55. The van der Waals surface area contributed by atoms with Crippen molar-refractivity contribution in [1.82, 2.24) is 14.0 Å². The van der Waals surface area contributed by atoms with Gasteiger partial charge >= 0.3 is 0 Å². The van der Waals surface area contributed by atoms with Crippen molar-refractivity contribution in [1.29, 1.82) is 0 Å². The van der Waals surface area contributed by atoms with Gasteiger partial charge in [0.05, 0.1) is 22.6 Å². The second kappa shape index (κ2) is 9.64. The zero-order chi connectivity index (χ0) is 23.5. The average Bonchev–Trinajstić information content (AvgIpc) is 3.52. The maximum atomic E-state index is 12.6. The Morgan fingerprint density at radius 1 is 0.970 bits per heavy atom. The molecule has 1 fully saturated rings. The topological polar surface area (TPSA) is 119 Å². The molecular formula is C22H25N3O6S2. The van der Waals surface area contributed by atoms with Crippen molar-refractivity contribution in [3.8, 4) is 17.2 Å². The number of ether oxygens (including phenoxy) is 1. The predicted octanol–water partition coefficient (Wildman–Crippen LogP) is 2.66. The van der Waals surface area contributed by atoms with Gasteiger partial charge < -0.3 is 9.15 Å². The lowest BCUT2D eigenvalue weighted by atomic mass is 10.2. The maximum Gasteiger partial charge on any atom is 0.243 e. The van der Waals surface area contributed by atoms with Crippen LogP contribution in [0.25, 0.3) is 11.5 Å². The third-order valence-corrected chi connectivity index (χ3v) is 8.79. The van der Waals surface area contributed by atoms with Crippen molar-refractivity contribution in [2.75, 3.05) is 26.7 Å². The molecule has 4 rings (SSSR count). The number of nitrogens with one attached hydrogen (secondary N) is 1. The molecule has 0 bridgehead atoms. The summed E-state index contributed by atoms with van der Waals surface area (Å²) in [5.74, 6) is 1.16. The van der Waals surface area contributed by atoms with Gasteiger partial charge in [-0.1, -0.05) is 0 Å². The molecule has 1 aliphatic heterocycles. The molecule has 0 atom stereocenters. The molecule has 2 aromatic carbocycles. The van der Waals surface area contributed by atoms with Gasteiger partial charge in [-0.3, -0.25) is 0 Å². The predicted molar refractivity (Wildman–Crippen MR) is 122 cm³/mol. The first-order chi connectivity index (χ1) is 15.8. The van der Waals surface area contributed by atoms with Crippen LogP contribution in [0, 0.1) is 0 Å². The molecule has 1 N–H and O–H groups in total. The van der Waals surface area contributed by atoms with Gasteiger partial charge in [-0.15, -0.1) is 0 Å². The summed E-state index contributed by atoms with van der Waals surface area (Å²) < 4.78 is 65.0. The van der Waals surface area contributed by atoms with E-state index in [2.05, 4.69) is 9.71 Å². The van der Waals surface area contributed by atoms with E-state index in [1.165, 1.54) is 34.8 Å². The number of methoxy groups -OCH3 is 1. The number of aromatic nitrogens is 1. The van der Waals surface area contributed by atoms with E-state index in [0.717, 1.165) is 24.2 Å². The highest BCUT2D eigenvalue weighted by Crippen LogP contribution is 2.23. The van der Waals surface area contributed by atoms with Crippen LogP contribution in [0.15, 0.2) is 69.0 Å². The third kappa shape index (κ3) is 5.27. The van der Waals surface area contributed by atoms with E-state index >= 15 is 0 Å². The van der Waals surface area contributed by atoms with Crippen LogP contribution in [-0.4, -0.2) is 52.9 Å². The van der Waals surface area contributed by atoms with Crippen molar-refractivity contribution in [2.24, 2.45) is 0 Å². The number of hydrogen-bond donors (Lipinski definition) is 1. The molecule has 0 saturated carbocycles. The van der Waals surface area contributed by atoms with Crippen molar-refractivity contribution in [3.63, 3.8) is 0 Å². The van der Waals surface area contributed by atoms with Gasteiger partial charge in [0, 0.05) is 31.6 Å². The van der Waals surface area contributed by atoms with E-state index < -0.39 is 20.0 Å². The molecule has 33 heavy (non-hydrogen) atoms. The van der Waals surface area contributed by atoms with Crippen LogP contribution in [0.2, 0.25) is 0 Å². The van der Waals surface area contributed by atoms with Crippen LogP contribution in [0.1, 0.15) is 18.5 Å². The monoisotopic (exact) mass is 491 g/mol. The van der Waals surface area contributed by atoms with E-state index in [1.54, 1.807) is 19.2 Å². The second-order valence-corrected chi connectivity index (χ2v) is 11.3. The van der Waals surface area contributed by atoms with E-state index in [4.69, 9.17) is 9.15 Å². The van der Waals surface area contributed by atoms with E-state index in [1.807, 2.05) is 12.1 Å². The molecule has 1 aromatic heterocycles. The maximum absolute atomic E-state index is 12.6. The Bertz CT molecular complexity index is 1290. The van der Waals surface area contributed by atoms with Gasteiger partial charge in [0.2, 0.25) is 25.9 Å². The van der Waals surface area contributed by atoms with E-state index in [0.29, 0.717) is 31.1 Å². The summed E-state index contributed by atoms with van der Waals surface area (Å²) in [5, 5.41) is 0. The lowest BCUT2D eigenvalue weighted by molar-refractivity contribution is 0.415. The van der Waals surface area contributed by atoms with Crippen LogP contribution in [0.3, 0.4) is 0 Å². The number of nitrogens with zero attached hydrogens (tertiary/aromatic N) is 2.